The van der Waals surface area contributed by atoms with E-state index in [0.717, 1.165) is 60.0 Å². The van der Waals surface area contributed by atoms with E-state index in [1.165, 1.54) is 26.2 Å². The highest BCUT2D eigenvalue weighted by molar-refractivity contribution is 6.50. The van der Waals surface area contributed by atoms with Gasteiger partial charge in [-0.1, -0.05) is 30.7 Å². The molecule has 38 heavy (non-hydrogen) atoms. The number of aryl methyl sites for hydroxylation is 1. The molecule has 8 nitrogen and oxygen atoms in total. The van der Waals surface area contributed by atoms with Crippen LogP contribution in [0.1, 0.15) is 43.7 Å². The van der Waals surface area contributed by atoms with Crippen LogP contribution in [0.5, 0.6) is 0 Å². The monoisotopic (exact) mass is 509 g/mol. The van der Waals surface area contributed by atoms with Gasteiger partial charge in [0.15, 0.2) is 0 Å². The van der Waals surface area contributed by atoms with Crippen molar-refractivity contribution in [3.8, 4) is 0 Å². The fourth-order valence-electron chi connectivity index (χ4n) is 5.85. The quantitative estimate of drug-likeness (QED) is 0.319. The van der Waals surface area contributed by atoms with Gasteiger partial charge in [-0.05, 0) is 57.1 Å². The molecule has 2 aromatic heterocycles. The number of imide groups is 1. The number of carbonyl (C=O) groups is 3. The summed E-state index contributed by atoms with van der Waals surface area (Å²) in [5, 5.41) is 7.16. The van der Waals surface area contributed by atoms with Crippen molar-refractivity contribution in [2.45, 2.75) is 39.2 Å². The normalized spacial score (nSPS) is 16.6. The molecule has 3 N–H and O–H groups in total. The molecule has 0 spiro atoms. The Morgan fingerprint density at radius 2 is 1.68 bits per heavy atom. The number of anilines is 1. The first-order chi connectivity index (χ1) is 18.5. The van der Waals surface area contributed by atoms with Crippen LogP contribution >= 0.6 is 0 Å². The Hall–Kier alpha value is -4.17. The summed E-state index contributed by atoms with van der Waals surface area (Å²) in [5.74, 6) is -0.929. The third kappa shape index (κ3) is 4.41. The number of benzene rings is 2. The lowest BCUT2D eigenvalue weighted by Crippen LogP contribution is -2.31. The molecule has 0 atom stereocenters. The highest BCUT2D eigenvalue weighted by Crippen LogP contribution is 2.39. The summed E-state index contributed by atoms with van der Waals surface area (Å²) >= 11 is 0. The lowest BCUT2D eigenvalue weighted by atomic mass is 9.95. The Labute approximate surface area is 220 Å². The molecule has 8 heteroatoms. The van der Waals surface area contributed by atoms with Gasteiger partial charge in [-0.2, -0.15) is 0 Å². The molecule has 4 heterocycles. The van der Waals surface area contributed by atoms with Gasteiger partial charge in [-0.15, -0.1) is 0 Å². The van der Waals surface area contributed by atoms with Gasteiger partial charge < -0.3 is 19.8 Å². The number of H-pyrrole nitrogens is 1. The fraction of sp³-hybridized carbons (Fsp3) is 0.300. The maximum Gasteiger partial charge on any atom is 0.259 e. The number of hydrogen-bond acceptors (Lipinski definition) is 4. The largest absolute Gasteiger partial charge is 0.361 e. The number of carbonyl (C=O) groups excluding carboxylic acids is 3. The van der Waals surface area contributed by atoms with Crippen LogP contribution < -0.4 is 10.6 Å². The predicted octanol–water partition coefficient (Wildman–Crippen LogP) is 4.52. The fourth-order valence-corrected chi connectivity index (χ4v) is 5.85. The highest BCUT2D eigenvalue weighted by atomic mass is 16.2. The van der Waals surface area contributed by atoms with Gasteiger partial charge in [0.2, 0.25) is 5.91 Å². The lowest BCUT2D eigenvalue weighted by molar-refractivity contribution is -0.123. The Kier molecular flexibility index (Phi) is 6.33. The van der Waals surface area contributed by atoms with E-state index >= 15 is 0 Å². The van der Waals surface area contributed by atoms with E-state index in [4.69, 9.17) is 0 Å². The van der Waals surface area contributed by atoms with Crippen LogP contribution in [-0.2, 0) is 20.9 Å². The molecule has 1 fully saturated rings. The molecule has 4 aromatic rings. The van der Waals surface area contributed by atoms with Crippen molar-refractivity contribution >= 4 is 56.4 Å². The molecular weight excluding hydrogens is 478 g/mol. The molecule has 2 aliphatic rings. The van der Waals surface area contributed by atoms with Crippen molar-refractivity contribution in [2.75, 3.05) is 25.0 Å². The first-order valence-electron chi connectivity index (χ1n) is 13.3. The minimum atomic E-state index is -0.395. The predicted molar refractivity (Wildman–Crippen MR) is 149 cm³/mol. The molecule has 2 aromatic carbocycles. The number of piperidine rings is 1. The number of para-hydroxylation sites is 1. The summed E-state index contributed by atoms with van der Waals surface area (Å²) in [6, 6.07) is 13.5. The molecule has 6 rings (SSSR count). The standard InChI is InChI=1S/C30H31N5O3/c1-19(36)32-20-10-11-22-24(18-35(26(22)16-20)15-7-14-34-12-5-2-6-13-34)28-27(29(37)33-30(28)38)23-17-31-25-9-4-3-8-21(23)25/h3-4,8-11,16-18,31H,2,5-7,12-15H2,1H3,(H,32,36)(H,33,37,38). The van der Waals surface area contributed by atoms with E-state index in [1.54, 1.807) is 6.20 Å². The van der Waals surface area contributed by atoms with Gasteiger partial charge in [-0.25, -0.2) is 0 Å². The second-order valence-electron chi connectivity index (χ2n) is 10.2. The average molecular weight is 510 g/mol. The second kappa shape index (κ2) is 9.95. The van der Waals surface area contributed by atoms with Gasteiger partial charge in [0.1, 0.15) is 0 Å². The Morgan fingerprint density at radius 3 is 2.47 bits per heavy atom. The summed E-state index contributed by atoms with van der Waals surface area (Å²) < 4.78 is 2.15. The zero-order chi connectivity index (χ0) is 26.2. The van der Waals surface area contributed by atoms with Gasteiger partial charge in [0.05, 0.1) is 16.7 Å². The van der Waals surface area contributed by atoms with Gasteiger partial charge in [0, 0.05) is 59.0 Å². The van der Waals surface area contributed by atoms with Crippen molar-refractivity contribution in [2.24, 2.45) is 0 Å². The number of aromatic amines is 1. The molecule has 0 radical (unpaired) electrons. The van der Waals surface area contributed by atoms with Crippen LogP contribution in [0.15, 0.2) is 54.9 Å². The molecule has 3 amide bonds. The van der Waals surface area contributed by atoms with Crippen molar-refractivity contribution in [1.82, 2.24) is 19.8 Å². The summed E-state index contributed by atoms with van der Waals surface area (Å²) in [7, 11) is 0. The molecule has 0 bridgehead atoms. The minimum Gasteiger partial charge on any atom is -0.361 e. The van der Waals surface area contributed by atoms with E-state index < -0.39 is 11.8 Å². The third-order valence-electron chi connectivity index (χ3n) is 7.58. The maximum absolute atomic E-state index is 13.2. The van der Waals surface area contributed by atoms with E-state index in [2.05, 4.69) is 25.1 Å². The summed E-state index contributed by atoms with van der Waals surface area (Å²) in [6.45, 7) is 5.56. The number of rotatable bonds is 7. The summed E-state index contributed by atoms with van der Waals surface area (Å²) in [4.78, 5) is 43.8. The molecule has 0 aliphatic carbocycles. The molecule has 0 saturated carbocycles. The molecule has 2 aliphatic heterocycles. The van der Waals surface area contributed by atoms with Crippen LogP contribution in [0.2, 0.25) is 0 Å². The molecule has 1 saturated heterocycles. The zero-order valence-corrected chi connectivity index (χ0v) is 21.5. The Morgan fingerprint density at radius 1 is 0.921 bits per heavy atom. The van der Waals surface area contributed by atoms with Crippen molar-refractivity contribution in [3.05, 3.63) is 66.0 Å². The van der Waals surface area contributed by atoms with Gasteiger partial charge >= 0.3 is 0 Å². The molecular formula is C30H31N5O3. The third-order valence-corrected chi connectivity index (χ3v) is 7.58. The number of likely N-dealkylation sites (tertiary alicyclic amines) is 1. The molecule has 0 unspecified atom stereocenters. The first-order valence-corrected chi connectivity index (χ1v) is 13.3. The zero-order valence-electron chi connectivity index (χ0n) is 21.5. The lowest BCUT2D eigenvalue weighted by Gasteiger charge is -2.26. The topological polar surface area (TPSA) is 99.2 Å². The van der Waals surface area contributed by atoms with Crippen LogP contribution in [0, 0.1) is 0 Å². The number of fused-ring (bicyclic) bond motifs is 2. The number of amides is 3. The van der Waals surface area contributed by atoms with Gasteiger partial charge in [0.25, 0.3) is 11.8 Å². The van der Waals surface area contributed by atoms with E-state index in [1.807, 2.05) is 48.7 Å². The van der Waals surface area contributed by atoms with Crippen LogP contribution in [0.3, 0.4) is 0 Å². The average Bonchev–Trinajstić information content (AvgIpc) is 3.57. The first kappa shape index (κ1) is 24.2. The summed E-state index contributed by atoms with van der Waals surface area (Å²) in [6.07, 6.45) is 8.57. The number of hydrogen-bond donors (Lipinski definition) is 3. The highest BCUT2D eigenvalue weighted by Gasteiger charge is 2.35. The number of nitrogens with one attached hydrogen (secondary N) is 3. The van der Waals surface area contributed by atoms with Gasteiger partial charge in [-0.3, -0.25) is 19.7 Å². The summed E-state index contributed by atoms with van der Waals surface area (Å²) in [5.41, 5.74) is 4.71. The van der Waals surface area contributed by atoms with Crippen molar-refractivity contribution < 1.29 is 14.4 Å². The number of aromatic nitrogens is 2. The maximum atomic E-state index is 13.2. The smallest absolute Gasteiger partial charge is 0.259 e. The Balaban J connectivity index is 1.45. The van der Waals surface area contributed by atoms with Crippen molar-refractivity contribution in [3.63, 3.8) is 0 Å². The van der Waals surface area contributed by atoms with Crippen LogP contribution in [0.25, 0.3) is 33.0 Å². The van der Waals surface area contributed by atoms with Crippen LogP contribution in [0.4, 0.5) is 5.69 Å². The SMILES string of the molecule is CC(=O)Nc1ccc2c(C3=C(c4c[nH]c5ccccc45)C(=O)NC3=O)cn(CCCN3CCCCC3)c2c1. The van der Waals surface area contributed by atoms with Crippen LogP contribution in [-0.4, -0.2) is 51.8 Å². The second-order valence-corrected chi connectivity index (χ2v) is 10.2. The Bertz CT molecular complexity index is 1600. The van der Waals surface area contributed by atoms with E-state index in [-0.39, 0.29) is 5.91 Å². The van der Waals surface area contributed by atoms with E-state index in [9.17, 15) is 14.4 Å². The number of nitrogens with zero attached hydrogens (tertiary/aromatic N) is 2. The molecule has 194 valence electrons. The van der Waals surface area contributed by atoms with Crippen molar-refractivity contribution in [1.29, 1.82) is 0 Å². The minimum absolute atomic E-state index is 0.141. The van der Waals surface area contributed by atoms with E-state index in [0.29, 0.717) is 22.4 Å².